The lowest BCUT2D eigenvalue weighted by molar-refractivity contribution is -0.149. The molecule has 4 N–H and O–H groups in total. The largest absolute Gasteiger partial charge is 0.454 e. The second kappa shape index (κ2) is 3.69. The first-order valence-corrected chi connectivity index (χ1v) is 3.50. The summed E-state index contributed by atoms with van der Waals surface area (Å²) >= 11 is 0. The molecule has 0 aromatic carbocycles. The molecule has 0 radical (unpaired) electrons. The lowest BCUT2D eigenvalue weighted by Gasteiger charge is -2.15. The van der Waals surface area contributed by atoms with Crippen LogP contribution < -0.4 is 0 Å². The van der Waals surface area contributed by atoms with Gasteiger partial charge in [0.05, 0.1) is 6.21 Å². The van der Waals surface area contributed by atoms with E-state index in [2.05, 4.69) is 9.89 Å². The molecule has 0 aromatic rings. The second-order valence-corrected chi connectivity index (χ2v) is 2.59. The molecular formula is C6H9NO6. The van der Waals surface area contributed by atoms with E-state index in [0.717, 1.165) is 0 Å². The van der Waals surface area contributed by atoms with E-state index in [0.29, 0.717) is 6.21 Å². The van der Waals surface area contributed by atoms with Crippen molar-refractivity contribution in [2.45, 2.75) is 24.4 Å². The van der Waals surface area contributed by atoms with Gasteiger partial charge in [-0.1, -0.05) is 5.16 Å². The average Bonchev–Trinajstić information content (AvgIpc) is 2.33. The fourth-order valence-corrected chi connectivity index (χ4v) is 1.02. The third kappa shape index (κ3) is 1.77. The van der Waals surface area contributed by atoms with E-state index in [1.165, 1.54) is 0 Å². The van der Waals surface area contributed by atoms with Gasteiger partial charge in [0.25, 0.3) is 0 Å². The minimum Gasteiger partial charge on any atom is -0.454 e. The molecule has 0 spiro atoms. The predicted molar refractivity (Wildman–Crippen MR) is 38.2 cm³/mol. The minimum absolute atomic E-state index is 0.680. The Morgan fingerprint density at radius 1 is 1.54 bits per heavy atom. The Bertz CT molecular complexity index is 229. The van der Waals surface area contributed by atoms with Crippen LogP contribution in [0.25, 0.3) is 0 Å². The van der Waals surface area contributed by atoms with Crippen molar-refractivity contribution < 1.29 is 30.1 Å². The first-order chi connectivity index (χ1) is 6.07. The quantitative estimate of drug-likeness (QED) is 0.165. The fourth-order valence-electron chi connectivity index (χ4n) is 1.02. The van der Waals surface area contributed by atoms with Gasteiger partial charge in [0.1, 0.15) is 12.2 Å². The zero-order valence-corrected chi connectivity index (χ0v) is 6.44. The summed E-state index contributed by atoms with van der Waals surface area (Å²) in [6.07, 6.45) is -5.23. The summed E-state index contributed by atoms with van der Waals surface area (Å²) in [5.74, 6) is -1.01. The van der Waals surface area contributed by atoms with E-state index in [1.807, 2.05) is 0 Å². The average molecular weight is 191 g/mol. The summed E-state index contributed by atoms with van der Waals surface area (Å²) in [6.45, 7) is 0. The predicted octanol–water partition coefficient (Wildman–Crippen LogP) is -2.55. The van der Waals surface area contributed by atoms with Crippen LogP contribution in [-0.4, -0.2) is 57.1 Å². The molecule has 0 aliphatic carbocycles. The molecular weight excluding hydrogens is 182 g/mol. The molecule has 1 rings (SSSR count). The van der Waals surface area contributed by atoms with Gasteiger partial charge in [0.15, 0.2) is 12.2 Å². The maximum Gasteiger partial charge on any atom is 0.338 e. The highest BCUT2D eigenvalue weighted by molar-refractivity contribution is 5.79. The SMILES string of the molecule is O=C1O[C@H]([C@@H](O)/C=N/O)[C@H](O)[C@@H]1O. The summed E-state index contributed by atoms with van der Waals surface area (Å²) in [5.41, 5.74) is 0. The van der Waals surface area contributed by atoms with E-state index in [-0.39, 0.29) is 0 Å². The van der Waals surface area contributed by atoms with Crippen LogP contribution >= 0.6 is 0 Å². The highest BCUT2D eigenvalue weighted by Crippen LogP contribution is 2.18. The number of aliphatic hydroxyl groups is 3. The van der Waals surface area contributed by atoms with Crippen LogP contribution in [0.15, 0.2) is 5.16 Å². The number of esters is 1. The van der Waals surface area contributed by atoms with Crippen molar-refractivity contribution >= 4 is 12.2 Å². The number of hydrogen-bond acceptors (Lipinski definition) is 7. The number of nitrogens with zero attached hydrogens (tertiary/aromatic N) is 1. The van der Waals surface area contributed by atoms with Gasteiger partial charge in [-0.15, -0.1) is 0 Å². The number of rotatable bonds is 2. The van der Waals surface area contributed by atoms with Gasteiger partial charge < -0.3 is 25.3 Å². The van der Waals surface area contributed by atoms with Crippen molar-refractivity contribution in [3.05, 3.63) is 0 Å². The number of carbonyl (C=O) groups is 1. The molecule has 1 aliphatic heterocycles. The van der Waals surface area contributed by atoms with Crippen molar-refractivity contribution in [1.82, 2.24) is 0 Å². The molecule has 1 fully saturated rings. The van der Waals surface area contributed by atoms with Gasteiger partial charge in [-0.25, -0.2) is 4.79 Å². The van der Waals surface area contributed by atoms with Crippen molar-refractivity contribution in [3.63, 3.8) is 0 Å². The lowest BCUT2D eigenvalue weighted by atomic mass is 10.1. The summed E-state index contributed by atoms with van der Waals surface area (Å²) in [6, 6.07) is 0. The van der Waals surface area contributed by atoms with Gasteiger partial charge >= 0.3 is 5.97 Å². The van der Waals surface area contributed by atoms with Crippen LogP contribution in [0.1, 0.15) is 0 Å². The molecule has 7 nitrogen and oxygen atoms in total. The molecule has 0 amide bonds. The third-order valence-corrected chi connectivity index (χ3v) is 1.71. The zero-order chi connectivity index (χ0) is 10.0. The topological polar surface area (TPSA) is 120 Å². The molecule has 74 valence electrons. The number of aliphatic hydroxyl groups excluding tert-OH is 3. The highest BCUT2D eigenvalue weighted by atomic mass is 16.6. The van der Waals surface area contributed by atoms with E-state index in [4.69, 9.17) is 20.5 Å². The summed E-state index contributed by atoms with van der Waals surface area (Å²) in [4.78, 5) is 10.7. The molecule has 1 heterocycles. The van der Waals surface area contributed by atoms with Crippen molar-refractivity contribution in [3.8, 4) is 0 Å². The first kappa shape index (κ1) is 9.90. The Morgan fingerprint density at radius 3 is 2.54 bits per heavy atom. The molecule has 0 saturated carbocycles. The number of ether oxygens (including phenoxy) is 1. The van der Waals surface area contributed by atoms with Crippen LogP contribution in [0.2, 0.25) is 0 Å². The Labute approximate surface area is 72.9 Å². The molecule has 0 aromatic heterocycles. The number of carbonyl (C=O) groups excluding carboxylic acids is 1. The van der Waals surface area contributed by atoms with Crippen molar-refractivity contribution in [1.29, 1.82) is 0 Å². The molecule has 13 heavy (non-hydrogen) atoms. The maximum absolute atomic E-state index is 10.7. The van der Waals surface area contributed by atoms with Gasteiger partial charge in [0, 0.05) is 0 Å². The normalized spacial score (nSPS) is 36.5. The smallest absolute Gasteiger partial charge is 0.338 e. The summed E-state index contributed by atoms with van der Waals surface area (Å²) in [5, 5.41) is 37.7. The van der Waals surface area contributed by atoms with Crippen LogP contribution in [0, 0.1) is 0 Å². The van der Waals surface area contributed by atoms with E-state index < -0.39 is 30.4 Å². The first-order valence-electron chi connectivity index (χ1n) is 3.50. The van der Waals surface area contributed by atoms with Gasteiger partial charge in [-0.3, -0.25) is 0 Å². The Hall–Kier alpha value is -1.18. The van der Waals surface area contributed by atoms with Gasteiger partial charge in [0.2, 0.25) is 0 Å². The summed E-state index contributed by atoms with van der Waals surface area (Å²) in [7, 11) is 0. The summed E-state index contributed by atoms with van der Waals surface area (Å²) < 4.78 is 4.41. The molecule has 1 saturated heterocycles. The minimum atomic E-state index is -1.66. The highest BCUT2D eigenvalue weighted by Gasteiger charge is 2.45. The molecule has 0 unspecified atom stereocenters. The van der Waals surface area contributed by atoms with Gasteiger partial charge in [-0.05, 0) is 0 Å². The van der Waals surface area contributed by atoms with E-state index in [9.17, 15) is 4.79 Å². The second-order valence-electron chi connectivity index (χ2n) is 2.59. The number of oxime groups is 1. The lowest BCUT2D eigenvalue weighted by Crippen LogP contribution is -2.39. The maximum atomic E-state index is 10.7. The van der Waals surface area contributed by atoms with E-state index in [1.54, 1.807) is 0 Å². The van der Waals surface area contributed by atoms with Crippen LogP contribution in [0.3, 0.4) is 0 Å². The Balaban J connectivity index is 2.67. The van der Waals surface area contributed by atoms with Gasteiger partial charge in [-0.2, -0.15) is 0 Å². The molecule has 0 bridgehead atoms. The Morgan fingerprint density at radius 2 is 2.15 bits per heavy atom. The molecule has 7 heteroatoms. The standard InChI is InChI=1S/C6H9NO6/c8-2(1-7-12)5-3(9)4(10)6(11)13-5/h1-5,8-10,12H/b7-1+/t2-,3+,4-,5+/m0/s1. The van der Waals surface area contributed by atoms with E-state index >= 15 is 0 Å². The zero-order valence-electron chi connectivity index (χ0n) is 6.44. The third-order valence-electron chi connectivity index (χ3n) is 1.71. The fraction of sp³-hybridized carbons (Fsp3) is 0.667. The molecule has 4 atom stereocenters. The monoisotopic (exact) mass is 191 g/mol. The van der Waals surface area contributed by atoms with Crippen LogP contribution in [-0.2, 0) is 9.53 Å². The number of hydrogen-bond donors (Lipinski definition) is 4. The van der Waals surface area contributed by atoms with Crippen molar-refractivity contribution in [2.75, 3.05) is 0 Å². The van der Waals surface area contributed by atoms with Crippen LogP contribution in [0.4, 0.5) is 0 Å². The van der Waals surface area contributed by atoms with Crippen molar-refractivity contribution in [2.24, 2.45) is 5.16 Å². The number of cyclic esters (lactones) is 1. The van der Waals surface area contributed by atoms with Crippen LogP contribution in [0.5, 0.6) is 0 Å². The molecule has 1 aliphatic rings. The Kier molecular flexibility index (Phi) is 2.81.